The van der Waals surface area contributed by atoms with E-state index in [4.69, 9.17) is 11.6 Å². The Labute approximate surface area is 140 Å². The first-order chi connectivity index (χ1) is 9.99. The minimum Gasteiger partial charge on any atom is -0.480 e. The highest BCUT2D eigenvalue weighted by Gasteiger charge is 2.48. The van der Waals surface area contributed by atoms with Gasteiger partial charge in [-0.3, -0.25) is 4.79 Å². The fourth-order valence-electron chi connectivity index (χ4n) is 2.50. The van der Waals surface area contributed by atoms with E-state index < -0.39 is 12.0 Å². The Hall–Kier alpha value is -0.720. The summed E-state index contributed by atoms with van der Waals surface area (Å²) in [5.41, 5.74) is 0.464. The zero-order valence-electron chi connectivity index (χ0n) is 11.0. The summed E-state index contributed by atoms with van der Waals surface area (Å²) >= 11 is 10.8. The third kappa shape index (κ3) is 2.94. The molecule has 1 saturated carbocycles. The zero-order chi connectivity index (χ0) is 15.1. The number of carboxylic acid groups (broad SMARTS) is 1. The van der Waals surface area contributed by atoms with Crippen LogP contribution >= 0.6 is 39.3 Å². The van der Waals surface area contributed by atoms with Crippen LogP contribution in [0.5, 0.6) is 0 Å². The monoisotopic (exact) mass is 389 g/mol. The first-order valence-electron chi connectivity index (χ1n) is 6.61. The van der Waals surface area contributed by atoms with Gasteiger partial charge in [-0.2, -0.15) is 0 Å². The van der Waals surface area contributed by atoms with Gasteiger partial charge < -0.3 is 10.0 Å². The van der Waals surface area contributed by atoms with Crippen LogP contribution in [0, 0.1) is 5.92 Å². The van der Waals surface area contributed by atoms with Crippen LogP contribution in [-0.4, -0.2) is 39.1 Å². The second-order valence-electron chi connectivity index (χ2n) is 5.26. The molecule has 4 nitrogen and oxygen atoms in total. The van der Waals surface area contributed by atoms with Gasteiger partial charge >= 0.3 is 5.97 Å². The quantitative estimate of drug-likeness (QED) is 0.858. The third-order valence-electron chi connectivity index (χ3n) is 3.75. The van der Waals surface area contributed by atoms with Crippen molar-refractivity contribution < 1.29 is 14.7 Å². The van der Waals surface area contributed by atoms with E-state index in [1.165, 1.54) is 0 Å². The van der Waals surface area contributed by atoms with Crippen molar-refractivity contribution >= 4 is 51.2 Å². The van der Waals surface area contributed by atoms with Crippen LogP contribution in [0.25, 0.3) is 0 Å². The van der Waals surface area contributed by atoms with Crippen molar-refractivity contribution in [2.75, 3.05) is 5.75 Å². The highest BCUT2D eigenvalue weighted by Crippen LogP contribution is 2.46. The number of nitrogens with zero attached hydrogens (tertiary/aromatic N) is 1. The lowest BCUT2D eigenvalue weighted by Gasteiger charge is -2.27. The van der Waals surface area contributed by atoms with E-state index in [9.17, 15) is 14.7 Å². The van der Waals surface area contributed by atoms with Crippen molar-refractivity contribution in [1.82, 2.24) is 4.90 Å². The molecule has 0 radical (unpaired) electrons. The fraction of sp³-hybridized carbons (Fsp3) is 0.429. The van der Waals surface area contributed by atoms with Crippen LogP contribution in [0.4, 0.5) is 0 Å². The Kier molecular flexibility index (Phi) is 4.21. The van der Waals surface area contributed by atoms with Crippen LogP contribution in [0.2, 0.25) is 5.02 Å². The standard InChI is InChI=1S/C14H13BrClNO3S/c15-9-5-8(3-4-10(9)16)12(18)17-11(14(19)20)6-21-13(17)7-1-2-7/h3-5,7,11,13H,1-2,6H2,(H,19,20). The first-order valence-corrected chi connectivity index (χ1v) is 8.83. The second-order valence-corrected chi connectivity index (χ2v) is 7.67. The van der Waals surface area contributed by atoms with Gasteiger partial charge in [-0.05, 0) is 52.9 Å². The van der Waals surface area contributed by atoms with Crippen molar-refractivity contribution in [1.29, 1.82) is 0 Å². The van der Waals surface area contributed by atoms with Gasteiger partial charge in [-0.25, -0.2) is 4.79 Å². The van der Waals surface area contributed by atoms with Gasteiger partial charge in [-0.15, -0.1) is 11.8 Å². The van der Waals surface area contributed by atoms with Crippen LogP contribution in [0.15, 0.2) is 22.7 Å². The number of rotatable bonds is 3. The molecule has 1 saturated heterocycles. The van der Waals surface area contributed by atoms with Crippen molar-refractivity contribution in [3.8, 4) is 0 Å². The highest BCUT2D eigenvalue weighted by molar-refractivity contribution is 9.10. The van der Waals surface area contributed by atoms with Gasteiger partial charge in [0.15, 0.2) is 0 Å². The predicted octanol–water partition coefficient (Wildman–Crippen LogP) is 3.48. The van der Waals surface area contributed by atoms with Gasteiger partial charge in [0.25, 0.3) is 5.91 Å². The molecule has 1 aromatic carbocycles. The minimum absolute atomic E-state index is 0.0203. The summed E-state index contributed by atoms with van der Waals surface area (Å²) in [7, 11) is 0. The zero-order valence-corrected chi connectivity index (χ0v) is 14.1. The molecule has 0 spiro atoms. The van der Waals surface area contributed by atoms with Crippen LogP contribution in [0.3, 0.4) is 0 Å². The van der Waals surface area contributed by atoms with Crippen molar-refractivity contribution in [2.24, 2.45) is 5.92 Å². The summed E-state index contributed by atoms with van der Waals surface area (Å²) in [6, 6.07) is 4.18. The van der Waals surface area contributed by atoms with Crippen LogP contribution < -0.4 is 0 Å². The summed E-state index contributed by atoms with van der Waals surface area (Å²) < 4.78 is 0.636. The lowest BCUT2D eigenvalue weighted by molar-refractivity contribution is -0.141. The molecular weight excluding hydrogens is 378 g/mol. The summed E-state index contributed by atoms with van der Waals surface area (Å²) in [5.74, 6) is -0.287. The van der Waals surface area contributed by atoms with E-state index >= 15 is 0 Å². The summed E-state index contributed by atoms with van der Waals surface area (Å²) in [5, 5.41) is 9.86. The molecule has 21 heavy (non-hydrogen) atoms. The Morgan fingerprint density at radius 2 is 2.10 bits per heavy atom. The number of carbonyl (C=O) groups is 2. The van der Waals surface area contributed by atoms with Crippen molar-refractivity contribution in [3.05, 3.63) is 33.3 Å². The number of aliphatic carboxylic acids is 1. The maximum absolute atomic E-state index is 12.8. The number of hydrogen-bond acceptors (Lipinski definition) is 3. The molecule has 0 aromatic heterocycles. The van der Waals surface area contributed by atoms with E-state index in [2.05, 4.69) is 15.9 Å². The van der Waals surface area contributed by atoms with Crippen molar-refractivity contribution in [2.45, 2.75) is 24.3 Å². The molecule has 0 bridgehead atoms. The number of halogens is 2. The van der Waals surface area contributed by atoms with Crippen LogP contribution in [0.1, 0.15) is 23.2 Å². The molecule has 3 rings (SSSR count). The van der Waals surface area contributed by atoms with E-state index in [1.54, 1.807) is 34.9 Å². The Balaban J connectivity index is 1.91. The molecule has 2 unspecified atom stereocenters. The normalized spacial score (nSPS) is 25.1. The molecule has 2 aliphatic rings. The fourth-order valence-corrected chi connectivity index (χ4v) is 4.62. The molecule has 1 N–H and O–H groups in total. The smallest absolute Gasteiger partial charge is 0.327 e. The van der Waals surface area contributed by atoms with Crippen LogP contribution in [-0.2, 0) is 4.79 Å². The van der Waals surface area contributed by atoms with Gasteiger partial charge in [0.1, 0.15) is 6.04 Å². The topological polar surface area (TPSA) is 57.6 Å². The summed E-state index contributed by atoms with van der Waals surface area (Å²) in [4.78, 5) is 25.7. The second kappa shape index (κ2) is 5.82. The summed E-state index contributed by atoms with van der Waals surface area (Å²) in [6.07, 6.45) is 2.14. The number of carbonyl (C=O) groups excluding carboxylic acids is 1. The number of amides is 1. The minimum atomic E-state index is -0.938. The number of hydrogen-bond donors (Lipinski definition) is 1. The molecule has 2 atom stereocenters. The molecule has 1 aromatic rings. The molecule has 1 aliphatic carbocycles. The number of carboxylic acids is 1. The highest BCUT2D eigenvalue weighted by atomic mass is 79.9. The summed E-state index contributed by atoms with van der Waals surface area (Å²) in [6.45, 7) is 0. The number of thioether (sulfide) groups is 1. The maximum Gasteiger partial charge on any atom is 0.327 e. The molecular formula is C14H13BrClNO3S. The first kappa shape index (κ1) is 15.2. The molecule has 1 heterocycles. The van der Waals surface area contributed by atoms with E-state index in [-0.39, 0.29) is 11.3 Å². The average Bonchev–Trinajstić information content (AvgIpc) is 3.19. The van der Waals surface area contributed by atoms with Gasteiger partial charge in [0.2, 0.25) is 0 Å². The molecule has 112 valence electrons. The molecule has 7 heteroatoms. The molecule has 1 amide bonds. The number of benzene rings is 1. The van der Waals surface area contributed by atoms with E-state index in [1.807, 2.05) is 0 Å². The maximum atomic E-state index is 12.8. The third-order valence-corrected chi connectivity index (χ3v) is 6.42. The SMILES string of the molecule is O=C(O)C1CSC(C2CC2)N1C(=O)c1ccc(Cl)c(Br)c1. The van der Waals surface area contributed by atoms with Gasteiger partial charge in [-0.1, -0.05) is 11.6 Å². The van der Waals surface area contributed by atoms with Crippen molar-refractivity contribution in [3.63, 3.8) is 0 Å². The van der Waals surface area contributed by atoms with E-state index in [0.29, 0.717) is 26.7 Å². The van der Waals surface area contributed by atoms with Gasteiger partial charge in [0.05, 0.1) is 10.4 Å². The largest absolute Gasteiger partial charge is 0.480 e. The Morgan fingerprint density at radius 1 is 1.38 bits per heavy atom. The lowest BCUT2D eigenvalue weighted by Crippen LogP contribution is -2.46. The molecule has 1 aliphatic heterocycles. The predicted molar refractivity (Wildman–Crippen MR) is 85.7 cm³/mol. The average molecular weight is 391 g/mol. The molecule has 2 fully saturated rings. The van der Waals surface area contributed by atoms with E-state index in [0.717, 1.165) is 12.8 Å². The lowest BCUT2D eigenvalue weighted by atomic mass is 10.1. The Morgan fingerprint density at radius 3 is 2.67 bits per heavy atom. The Bertz CT molecular complexity index is 608. The van der Waals surface area contributed by atoms with Gasteiger partial charge in [0, 0.05) is 15.8 Å².